The van der Waals surface area contributed by atoms with E-state index in [4.69, 9.17) is 23.2 Å². The van der Waals surface area contributed by atoms with Crippen molar-refractivity contribution in [2.75, 3.05) is 11.9 Å². The summed E-state index contributed by atoms with van der Waals surface area (Å²) in [4.78, 5) is 22.8. The van der Waals surface area contributed by atoms with Crippen molar-refractivity contribution in [1.82, 2.24) is 15.3 Å². The summed E-state index contributed by atoms with van der Waals surface area (Å²) in [6.07, 6.45) is 7.72. The van der Waals surface area contributed by atoms with Crippen LogP contribution in [0.3, 0.4) is 0 Å². The molecule has 1 aromatic carbocycles. The highest BCUT2D eigenvalue weighted by atomic mass is 35.5. The minimum Gasteiger partial charge on any atom is -0.349 e. The Labute approximate surface area is 170 Å². The molecule has 1 aromatic heterocycles. The summed E-state index contributed by atoms with van der Waals surface area (Å²) in [5.74, 6) is 1.03. The van der Waals surface area contributed by atoms with Crippen molar-refractivity contribution in [2.24, 2.45) is 5.92 Å². The third-order valence-electron chi connectivity index (χ3n) is 5.25. The molecular formula is C20H24Cl2N4O. The molecule has 0 unspecified atom stereocenters. The van der Waals surface area contributed by atoms with Gasteiger partial charge in [0.05, 0.1) is 10.6 Å². The fourth-order valence-electron chi connectivity index (χ4n) is 3.58. The number of carbonyl (C=O) groups excluding carboxylic acids is 1. The van der Waals surface area contributed by atoms with Crippen LogP contribution < -0.4 is 10.2 Å². The number of nitrogens with one attached hydrogen (secondary N) is 1. The Bertz CT molecular complexity index is 808. The smallest absolute Gasteiger partial charge is 0.253 e. The number of benzene rings is 1. The minimum atomic E-state index is -0.144. The van der Waals surface area contributed by atoms with Gasteiger partial charge >= 0.3 is 0 Å². The fourth-order valence-corrected chi connectivity index (χ4v) is 3.92. The number of hydrogen-bond donors (Lipinski definition) is 1. The van der Waals surface area contributed by atoms with E-state index in [0.29, 0.717) is 22.3 Å². The number of halogens is 2. The van der Waals surface area contributed by atoms with Crippen LogP contribution in [0.5, 0.6) is 0 Å². The number of rotatable bonds is 5. The zero-order valence-corrected chi connectivity index (χ0v) is 17.1. The Morgan fingerprint density at radius 3 is 2.67 bits per heavy atom. The lowest BCUT2D eigenvalue weighted by Gasteiger charge is -2.28. The molecule has 1 N–H and O–H groups in total. The standard InChI is InChI=1S/C20H24Cl2N4O/c1-13(14-6-4-3-5-7-14)24-19(27)16-12-15(8-9-17(16)21)26(2)18-10-11-23-20(22)25-18/h8-14H,3-7H2,1-2H3,(H,24,27)/t13-/m1/s1. The van der Waals surface area contributed by atoms with Crippen molar-refractivity contribution in [3.05, 3.63) is 46.3 Å². The molecular weight excluding hydrogens is 383 g/mol. The van der Waals surface area contributed by atoms with Gasteiger partial charge in [0.25, 0.3) is 5.91 Å². The third-order valence-corrected chi connectivity index (χ3v) is 5.76. The minimum absolute atomic E-state index is 0.135. The largest absolute Gasteiger partial charge is 0.349 e. The van der Waals surface area contributed by atoms with Crippen molar-refractivity contribution >= 4 is 40.6 Å². The van der Waals surface area contributed by atoms with Gasteiger partial charge < -0.3 is 10.2 Å². The zero-order chi connectivity index (χ0) is 19.4. The molecule has 27 heavy (non-hydrogen) atoms. The number of nitrogens with zero attached hydrogens (tertiary/aromatic N) is 3. The van der Waals surface area contributed by atoms with E-state index in [1.165, 1.54) is 32.1 Å². The van der Waals surface area contributed by atoms with E-state index in [9.17, 15) is 4.79 Å². The molecule has 0 radical (unpaired) electrons. The summed E-state index contributed by atoms with van der Waals surface area (Å²) < 4.78 is 0. The maximum Gasteiger partial charge on any atom is 0.253 e. The van der Waals surface area contributed by atoms with E-state index in [-0.39, 0.29) is 17.2 Å². The first kappa shape index (κ1) is 19.9. The monoisotopic (exact) mass is 406 g/mol. The molecule has 144 valence electrons. The molecule has 0 spiro atoms. The molecule has 1 heterocycles. The van der Waals surface area contributed by atoms with Gasteiger partial charge in [-0.25, -0.2) is 9.97 Å². The highest BCUT2D eigenvalue weighted by molar-refractivity contribution is 6.34. The summed E-state index contributed by atoms with van der Waals surface area (Å²) in [6, 6.07) is 7.25. The number of anilines is 2. The Balaban J connectivity index is 1.77. The maximum absolute atomic E-state index is 12.8. The van der Waals surface area contributed by atoms with Crippen molar-refractivity contribution in [2.45, 2.75) is 45.1 Å². The predicted molar refractivity (Wildman–Crippen MR) is 110 cm³/mol. The lowest BCUT2D eigenvalue weighted by atomic mass is 9.84. The number of aromatic nitrogens is 2. The number of hydrogen-bond acceptors (Lipinski definition) is 4. The molecule has 3 rings (SSSR count). The van der Waals surface area contributed by atoms with Gasteiger partial charge in [-0.05, 0) is 61.5 Å². The normalized spacial score (nSPS) is 16.0. The summed E-state index contributed by atoms with van der Waals surface area (Å²) in [5, 5.41) is 3.74. The highest BCUT2D eigenvalue weighted by Gasteiger charge is 2.23. The van der Waals surface area contributed by atoms with Crippen LogP contribution in [0.2, 0.25) is 10.3 Å². The van der Waals surface area contributed by atoms with Crippen LogP contribution in [0.25, 0.3) is 0 Å². The van der Waals surface area contributed by atoms with E-state index in [2.05, 4.69) is 22.2 Å². The molecule has 1 saturated carbocycles. The first-order valence-corrected chi connectivity index (χ1v) is 10.0. The predicted octanol–water partition coefficient (Wildman–Crippen LogP) is 5.25. The average Bonchev–Trinajstić information content (AvgIpc) is 2.68. The molecule has 1 amide bonds. The Morgan fingerprint density at radius 2 is 1.96 bits per heavy atom. The molecule has 1 aliphatic rings. The van der Waals surface area contributed by atoms with Crippen molar-refractivity contribution < 1.29 is 4.79 Å². The molecule has 0 saturated heterocycles. The van der Waals surface area contributed by atoms with Crippen molar-refractivity contribution in [3.63, 3.8) is 0 Å². The van der Waals surface area contributed by atoms with Gasteiger partial charge in [0.1, 0.15) is 5.82 Å². The SMILES string of the molecule is C[C@@H](NC(=O)c1cc(N(C)c2ccnc(Cl)n2)ccc1Cl)C1CCCCC1. The third kappa shape index (κ3) is 4.90. The molecule has 5 nitrogen and oxygen atoms in total. The van der Waals surface area contributed by atoms with E-state index >= 15 is 0 Å². The first-order chi connectivity index (χ1) is 13.0. The Morgan fingerprint density at radius 1 is 1.22 bits per heavy atom. The van der Waals surface area contributed by atoms with Crippen LogP contribution in [-0.4, -0.2) is 29.0 Å². The van der Waals surface area contributed by atoms with Gasteiger partial charge in [0.15, 0.2) is 0 Å². The summed E-state index contributed by atoms with van der Waals surface area (Å²) in [7, 11) is 1.86. The fraction of sp³-hybridized carbons (Fsp3) is 0.450. The lowest BCUT2D eigenvalue weighted by Crippen LogP contribution is -2.39. The van der Waals surface area contributed by atoms with Gasteiger partial charge in [-0.3, -0.25) is 4.79 Å². The zero-order valence-electron chi connectivity index (χ0n) is 15.6. The first-order valence-electron chi connectivity index (χ1n) is 9.28. The van der Waals surface area contributed by atoms with E-state index in [1.54, 1.807) is 24.4 Å². The van der Waals surface area contributed by atoms with Gasteiger partial charge in [-0.15, -0.1) is 0 Å². The average molecular weight is 407 g/mol. The maximum atomic E-state index is 12.8. The molecule has 1 fully saturated rings. The summed E-state index contributed by atoms with van der Waals surface area (Å²) in [6.45, 7) is 2.08. The van der Waals surface area contributed by atoms with Gasteiger partial charge in [0, 0.05) is 25.0 Å². The molecule has 0 aliphatic heterocycles. The lowest BCUT2D eigenvalue weighted by molar-refractivity contribution is 0.0919. The van der Waals surface area contributed by atoms with Crippen LogP contribution in [-0.2, 0) is 0 Å². The molecule has 0 bridgehead atoms. The number of carbonyl (C=O) groups is 1. The number of amides is 1. The summed E-state index contributed by atoms with van der Waals surface area (Å²) >= 11 is 12.2. The molecule has 1 atom stereocenters. The van der Waals surface area contributed by atoms with Gasteiger partial charge in [-0.2, -0.15) is 0 Å². The van der Waals surface area contributed by atoms with Crippen LogP contribution in [0.15, 0.2) is 30.5 Å². The quantitative estimate of drug-likeness (QED) is 0.688. The molecule has 2 aromatic rings. The van der Waals surface area contributed by atoms with Gasteiger partial charge in [-0.1, -0.05) is 30.9 Å². The summed E-state index contributed by atoms with van der Waals surface area (Å²) in [5.41, 5.74) is 1.26. The van der Waals surface area contributed by atoms with E-state index in [1.807, 2.05) is 18.0 Å². The second-order valence-corrected chi connectivity index (χ2v) is 7.81. The van der Waals surface area contributed by atoms with Crippen LogP contribution >= 0.6 is 23.2 Å². The Kier molecular flexibility index (Phi) is 6.55. The highest BCUT2D eigenvalue weighted by Crippen LogP contribution is 2.29. The van der Waals surface area contributed by atoms with Crippen molar-refractivity contribution in [1.29, 1.82) is 0 Å². The van der Waals surface area contributed by atoms with Crippen LogP contribution in [0, 0.1) is 5.92 Å². The Hall–Kier alpha value is -1.85. The van der Waals surface area contributed by atoms with Crippen molar-refractivity contribution in [3.8, 4) is 0 Å². The van der Waals surface area contributed by atoms with E-state index in [0.717, 1.165) is 5.69 Å². The molecule has 1 aliphatic carbocycles. The molecule has 7 heteroatoms. The van der Waals surface area contributed by atoms with Gasteiger partial charge in [0.2, 0.25) is 5.28 Å². The van der Waals surface area contributed by atoms with Crippen LogP contribution in [0.4, 0.5) is 11.5 Å². The van der Waals surface area contributed by atoms with E-state index < -0.39 is 0 Å². The second kappa shape index (κ2) is 8.89. The topological polar surface area (TPSA) is 58.1 Å². The van der Waals surface area contributed by atoms with Crippen LogP contribution in [0.1, 0.15) is 49.4 Å². The second-order valence-electron chi connectivity index (χ2n) is 7.07.